The van der Waals surface area contributed by atoms with Crippen molar-refractivity contribution >= 4 is 23.5 Å². The number of aromatic nitrogens is 2. The Morgan fingerprint density at radius 2 is 1.63 bits per heavy atom. The van der Waals surface area contributed by atoms with Gasteiger partial charge in [-0.2, -0.15) is 31.3 Å². The van der Waals surface area contributed by atoms with Gasteiger partial charge in [-0.15, -0.1) is 0 Å². The van der Waals surface area contributed by atoms with Crippen molar-refractivity contribution in [2.24, 2.45) is 21.6 Å². The topological polar surface area (TPSA) is 96.8 Å². The summed E-state index contributed by atoms with van der Waals surface area (Å²) in [6.07, 6.45) is -5.80. The van der Waals surface area contributed by atoms with E-state index in [0.29, 0.717) is 12.1 Å². The Kier molecular flexibility index (Phi) is 7.46. The van der Waals surface area contributed by atoms with E-state index in [2.05, 4.69) is 20.0 Å². The highest BCUT2D eigenvalue weighted by Gasteiger charge is 2.39. The Morgan fingerprint density at radius 3 is 2.09 bits per heavy atom. The van der Waals surface area contributed by atoms with Gasteiger partial charge in [0.15, 0.2) is 5.84 Å². The second-order valence-electron chi connectivity index (χ2n) is 8.14. The minimum absolute atomic E-state index is 0.00315. The molecule has 188 valence electrons. The predicted octanol–water partition coefficient (Wildman–Crippen LogP) is 4.86. The molecule has 1 aromatic heterocycles. The molecule has 1 aliphatic rings. The highest BCUT2D eigenvalue weighted by Crippen LogP contribution is 2.37. The number of rotatable bonds is 6. The molecule has 0 bridgehead atoms. The van der Waals surface area contributed by atoms with E-state index < -0.39 is 41.0 Å². The molecule has 0 spiro atoms. The van der Waals surface area contributed by atoms with Crippen LogP contribution in [-0.2, 0) is 12.4 Å². The van der Waals surface area contributed by atoms with Crippen LogP contribution in [-0.4, -0.2) is 45.0 Å². The Hall–Kier alpha value is -3.51. The standard InChI is InChI=1S/C22H22F6N6O/c1-12(18(32-13(2)29)33-20-30-6-3-7-31-20)34(11-14-4-5-14)19(35)15-8-16(21(23,24)25)10-17(9-15)22(26,27)28/h3,6-10,12,14H,4-5,11H2,1-2H3,(H2,29,30,31,32,33). The number of benzene rings is 1. The summed E-state index contributed by atoms with van der Waals surface area (Å²) in [7, 11) is 0. The van der Waals surface area contributed by atoms with Gasteiger partial charge < -0.3 is 10.6 Å². The van der Waals surface area contributed by atoms with Crippen LogP contribution >= 0.6 is 0 Å². The summed E-state index contributed by atoms with van der Waals surface area (Å²) in [5, 5.41) is 0. The highest BCUT2D eigenvalue weighted by atomic mass is 19.4. The van der Waals surface area contributed by atoms with Crippen molar-refractivity contribution in [2.75, 3.05) is 6.54 Å². The maximum absolute atomic E-state index is 13.4. The van der Waals surface area contributed by atoms with Gasteiger partial charge in [0.05, 0.1) is 23.0 Å². The molecular weight excluding hydrogens is 478 g/mol. The van der Waals surface area contributed by atoms with Crippen molar-refractivity contribution in [3.8, 4) is 0 Å². The van der Waals surface area contributed by atoms with E-state index in [4.69, 9.17) is 5.73 Å². The molecular formula is C22H22F6N6O. The van der Waals surface area contributed by atoms with Crippen LogP contribution in [0.15, 0.2) is 46.6 Å². The molecule has 1 saturated carbocycles. The number of nitrogens with zero attached hydrogens (tertiary/aromatic N) is 5. The van der Waals surface area contributed by atoms with Crippen LogP contribution in [0.25, 0.3) is 0 Å². The SMILES string of the molecule is CC(N)=NC(=Nc1ncccn1)C(C)N(CC1CC1)C(=O)c1cc(C(F)(F)F)cc(C(F)(F)F)c1. The van der Waals surface area contributed by atoms with E-state index in [1.807, 2.05) is 0 Å². The lowest BCUT2D eigenvalue weighted by molar-refractivity contribution is -0.143. The zero-order chi connectivity index (χ0) is 26.0. The molecule has 0 saturated heterocycles. The largest absolute Gasteiger partial charge is 0.416 e. The number of alkyl halides is 6. The Morgan fingerprint density at radius 1 is 1.09 bits per heavy atom. The summed E-state index contributed by atoms with van der Waals surface area (Å²) in [4.78, 5) is 30.8. The summed E-state index contributed by atoms with van der Waals surface area (Å²) in [5.74, 6) is -0.924. The summed E-state index contributed by atoms with van der Waals surface area (Å²) >= 11 is 0. The molecule has 1 heterocycles. The lowest BCUT2D eigenvalue weighted by atomic mass is 10.0. The van der Waals surface area contributed by atoms with Crippen molar-refractivity contribution < 1.29 is 31.1 Å². The maximum atomic E-state index is 13.4. The zero-order valence-corrected chi connectivity index (χ0v) is 18.7. The molecule has 3 rings (SSSR count). The smallest absolute Gasteiger partial charge is 0.387 e. The average Bonchev–Trinajstić information content (AvgIpc) is 3.59. The van der Waals surface area contributed by atoms with Crippen molar-refractivity contribution in [1.29, 1.82) is 0 Å². The van der Waals surface area contributed by atoms with Gasteiger partial charge in [0.1, 0.15) is 0 Å². The number of amides is 1. The average molecular weight is 500 g/mol. The zero-order valence-electron chi connectivity index (χ0n) is 18.7. The first-order valence-corrected chi connectivity index (χ1v) is 10.5. The normalized spacial score (nSPS) is 16.2. The molecule has 0 radical (unpaired) electrons. The van der Waals surface area contributed by atoms with Gasteiger partial charge in [-0.25, -0.2) is 15.0 Å². The second kappa shape index (κ2) is 10.0. The van der Waals surface area contributed by atoms with Gasteiger partial charge in [-0.3, -0.25) is 4.79 Å². The molecule has 1 amide bonds. The van der Waals surface area contributed by atoms with Crippen LogP contribution in [0.1, 0.15) is 48.2 Å². The lowest BCUT2D eigenvalue weighted by Gasteiger charge is -2.29. The molecule has 2 N–H and O–H groups in total. The van der Waals surface area contributed by atoms with Crippen LogP contribution in [0.3, 0.4) is 0 Å². The van der Waals surface area contributed by atoms with Crippen molar-refractivity contribution in [1.82, 2.24) is 14.9 Å². The first-order valence-electron chi connectivity index (χ1n) is 10.5. The van der Waals surface area contributed by atoms with E-state index in [1.54, 1.807) is 6.07 Å². The molecule has 7 nitrogen and oxygen atoms in total. The monoisotopic (exact) mass is 500 g/mol. The number of amidine groups is 2. The number of nitrogens with two attached hydrogens (primary N) is 1. The molecule has 0 aliphatic heterocycles. The highest BCUT2D eigenvalue weighted by molar-refractivity contribution is 6.03. The van der Waals surface area contributed by atoms with Gasteiger partial charge in [-0.1, -0.05) is 0 Å². The molecule has 1 aromatic carbocycles. The van der Waals surface area contributed by atoms with Gasteiger partial charge in [0, 0.05) is 24.5 Å². The van der Waals surface area contributed by atoms with E-state index in [1.165, 1.54) is 26.2 Å². The Balaban J connectivity index is 2.08. The molecule has 1 atom stereocenters. The van der Waals surface area contributed by atoms with Gasteiger partial charge in [0.25, 0.3) is 11.9 Å². The van der Waals surface area contributed by atoms with Crippen LogP contribution in [0.4, 0.5) is 32.3 Å². The van der Waals surface area contributed by atoms with Crippen molar-refractivity contribution in [3.05, 3.63) is 53.3 Å². The van der Waals surface area contributed by atoms with Crippen LogP contribution in [0.2, 0.25) is 0 Å². The Bertz CT molecular complexity index is 1090. The van der Waals surface area contributed by atoms with E-state index in [0.717, 1.165) is 17.7 Å². The summed E-state index contributed by atoms with van der Waals surface area (Å²) < 4.78 is 80.0. The number of carbonyl (C=O) groups is 1. The van der Waals surface area contributed by atoms with E-state index in [9.17, 15) is 31.1 Å². The fraction of sp³-hybridized carbons (Fsp3) is 0.409. The lowest BCUT2D eigenvalue weighted by Crippen LogP contribution is -2.44. The van der Waals surface area contributed by atoms with Crippen LogP contribution in [0.5, 0.6) is 0 Å². The van der Waals surface area contributed by atoms with Crippen molar-refractivity contribution in [2.45, 2.75) is 45.1 Å². The molecule has 2 aromatic rings. The maximum Gasteiger partial charge on any atom is 0.416 e. The first-order chi connectivity index (χ1) is 16.3. The third-order valence-electron chi connectivity index (χ3n) is 5.15. The van der Waals surface area contributed by atoms with Crippen LogP contribution in [0, 0.1) is 5.92 Å². The van der Waals surface area contributed by atoms with E-state index >= 15 is 0 Å². The number of halogens is 6. The molecule has 1 fully saturated rings. The van der Waals surface area contributed by atoms with Crippen molar-refractivity contribution in [3.63, 3.8) is 0 Å². The molecule has 13 heteroatoms. The fourth-order valence-electron chi connectivity index (χ4n) is 3.22. The van der Waals surface area contributed by atoms with Gasteiger partial charge >= 0.3 is 12.4 Å². The van der Waals surface area contributed by atoms with Gasteiger partial charge in [-0.05, 0) is 56.9 Å². The first kappa shape index (κ1) is 26.1. The van der Waals surface area contributed by atoms with Gasteiger partial charge in [0.2, 0.25) is 0 Å². The molecule has 1 aliphatic carbocycles. The fourth-order valence-corrected chi connectivity index (χ4v) is 3.22. The molecule has 1 unspecified atom stereocenters. The predicted molar refractivity (Wildman–Crippen MR) is 116 cm³/mol. The third kappa shape index (κ3) is 6.99. The summed E-state index contributed by atoms with van der Waals surface area (Å²) in [5.41, 5.74) is 1.80. The second-order valence-corrected chi connectivity index (χ2v) is 8.14. The minimum Gasteiger partial charge on any atom is -0.387 e. The third-order valence-corrected chi connectivity index (χ3v) is 5.15. The summed E-state index contributed by atoms with van der Waals surface area (Å²) in [6.45, 7) is 3.06. The molecule has 35 heavy (non-hydrogen) atoms. The number of hydrogen-bond acceptors (Lipinski definition) is 4. The minimum atomic E-state index is -5.08. The number of hydrogen-bond donors (Lipinski definition) is 1. The van der Waals surface area contributed by atoms with Crippen LogP contribution < -0.4 is 5.73 Å². The number of carbonyl (C=O) groups excluding carboxylic acids is 1. The Labute approximate surface area is 196 Å². The summed E-state index contributed by atoms with van der Waals surface area (Å²) in [6, 6.07) is 1.40. The van der Waals surface area contributed by atoms with E-state index in [-0.39, 0.29) is 36.1 Å². The quantitative estimate of drug-likeness (QED) is 0.348. The number of aliphatic imine (C=N–C) groups is 2.